The number of rotatable bonds is 9. The Labute approximate surface area is 135 Å². The highest BCUT2D eigenvalue weighted by Crippen LogP contribution is 2.07. The third-order valence-electron chi connectivity index (χ3n) is 3.18. The number of hydrogen-bond acceptors (Lipinski definition) is 4. The predicted molar refractivity (Wildman–Crippen MR) is 84.2 cm³/mol. The van der Waals surface area contributed by atoms with Crippen LogP contribution in [0.1, 0.15) is 22.3 Å². The van der Waals surface area contributed by atoms with Crippen LogP contribution in [-0.2, 0) is 20.7 Å². The fourth-order valence-electron chi connectivity index (χ4n) is 1.93. The number of carbonyl (C=O) groups is 3. The molecule has 0 atom stereocenters. The summed E-state index contributed by atoms with van der Waals surface area (Å²) < 4.78 is 4.88. The van der Waals surface area contributed by atoms with Crippen molar-refractivity contribution in [2.24, 2.45) is 0 Å². The van der Waals surface area contributed by atoms with Gasteiger partial charge in [0.2, 0.25) is 11.8 Å². The van der Waals surface area contributed by atoms with E-state index in [2.05, 4.69) is 5.32 Å². The van der Waals surface area contributed by atoms with Gasteiger partial charge in [-0.15, -0.1) is 0 Å². The molecule has 0 aromatic heterocycles. The van der Waals surface area contributed by atoms with Crippen LogP contribution in [0.3, 0.4) is 0 Å². The van der Waals surface area contributed by atoms with E-state index >= 15 is 0 Å². The molecular formula is C16H22N2O5. The van der Waals surface area contributed by atoms with Crippen molar-refractivity contribution >= 4 is 17.8 Å². The molecule has 126 valence electrons. The molecule has 0 fully saturated rings. The molecule has 0 saturated carbocycles. The van der Waals surface area contributed by atoms with Crippen LogP contribution in [0, 0.1) is 0 Å². The van der Waals surface area contributed by atoms with Gasteiger partial charge in [0.25, 0.3) is 0 Å². The minimum Gasteiger partial charge on any atom is -0.478 e. The molecule has 2 amide bonds. The van der Waals surface area contributed by atoms with Crippen LogP contribution in [0.5, 0.6) is 0 Å². The SMILES string of the molecule is COCCCNC(=O)CN(C)C(=O)Cc1cccc(C(=O)O)c1. The maximum atomic E-state index is 12.1. The normalized spacial score (nSPS) is 10.2. The molecule has 23 heavy (non-hydrogen) atoms. The van der Waals surface area contributed by atoms with Gasteiger partial charge in [0.1, 0.15) is 0 Å². The number of amides is 2. The van der Waals surface area contributed by atoms with E-state index in [0.717, 1.165) is 0 Å². The number of aromatic carboxylic acids is 1. The third kappa shape index (κ3) is 6.92. The Morgan fingerprint density at radius 2 is 2.04 bits per heavy atom. The summed E-state index contributed by atoms with van der Waals surface area (Å²) in [7, 11) is 3.13. The maximum absolute atomic E-state index is 12.1. The average molecular weight is 322 g/mol. The second-order valence-corrected chi connectivity index (χ2v) is 5.13. The molecule has 0 aliphatic rings. The standard InChI is InChI=1S/C16H22N2O5/c1-18(11-14(19)17-7-4-8-23-2)15(20)10-12-5-3-6-13(9-12)16(21)22/h3,5-6,9H,4,7-8,10-11H2,1-2H3,(H,17,19)(H,21,22). The quantitative estimate of drug-likeness (QED) is 0.647. The van der Waals surface area contributed by atoms with Crippen LogP contribution >= 0.6 is 0 Å². The number of likely N-dealkylation sites (N-methyl/N-ethyl adjacent to an activating group) is 1. The minimum atomic E-state index is -1.04. The van der Waals surface area contributed by atoms with Gasteiger partial charge in [-0.25, -0.2) is 4.79 Å². The largest absolute Gasteiger partial charge is 0.478 e. The second-order valence-electron chi connectivity index (χ2n) is 5.13. The first-order valence-electron chi connectivity index (χ1n) is 7.26. The molecule has 0 bridgehead atoms. The number of carbonyl (C=O) groups excluding carboxylic acids is 2. The molecule has 1 rings (SSSR count). The monoisotopic (exact) mass is 322 g/mol. The van der Waals surface area contributed by atoms with Gasteiger partial charge in [0.15, 0.2) is 0 Å². The van der Waals surface area contributed by atoms with Crippen molar-refractivity contribution in [1.29, 1.82) is 0 Å². The molecule has 2 N–H and O–H groups in total. The van der Waals surface area contributed by atoms with Gasteiger partial charge >= 0.3 is 5.97 Å². The van der Waals surface area contributed by atoms with E-state index in [1.807, 2.05) is 0 Å². The van der Waals surface area contributed by atoms with Crippen LogP contribution in [0.25, 0.3) is 0 Å². The van der Waals surface area contributed by atoms with Crippen LogP contribution < -0.4 is 5.32 Å². The first-order chi connectivity index (χ1) is 10.9. The van der Waals surface area contributed by atoms with E-state index in [1.54, 1.807) is 19.2 Å². The van der Waals surface area contributed by atoms with Crippen LogP contribution in [-0.4, -0.2) is 61.6 Å². The van der Waals surface area contributed by atoms with E-state index in [-0.39, 0.29) is 30.3 Å². The summed E-state index contributed by atoms with van der Waals surface area (Å²) in [6, 6.07) is 6.20. The van der Waals surface area contributed by atoms with Crippen molar-refractivity contribution in [1.82, 2.24) is 10.2 Å². The smallest absolute Gasteiger partial charge is 0.335 e. The molecule has 7 heteroatoms. The Balaban J connectivity index is 2.46. The van der Waals surface area contributed by atoms with E-state index in [4.69, 9.17) is 9.84 Å². The highest BCUT2D eigenvalue weighted by atomic mass is 16.5. The molecule has 0 radical (unpaired) electrons. The van der Waals surface area contributed by atoms with Gasteiger partial charge in [-0.3, -0.25) is 9.59 Å². The zero-order valence-electron chi connectivity index (χ0n) is 13.4. The topological polar surface area (TPSA) is 95.9 Å². The van der Waals surface area contributed by atoms with E-state index < -0.39 is 5.97 Å². The number of ether oxygens (including phenoxy) is 1. The number of carboxylic acids is 1. The van der Waals surface area contributed by atoms with Gasteiger partial charge in [-0.1, -0.05) is 12.1 Å². The molecule has 0 aliphatic heterocycles. The summed E-state index contributed by atoms with van der Waals surface area (Å²) in [6.07, 6.45) is 0.760. The van der Waals surface area contributed by atoms with Gasteiger partial charge in [-0.2, -0.15) is 0 Å². The van der Waals surface area contributed by atoms with Crippen molar-refractivity contribution in [3.8, 4) is 0 Å². The molecule has 0 heterocycles. The summed E-state index contributed by atoms with van der Waals surface area (Å²) in [6.45, 7) is 1.02. The molecule has 0 saturated heterocycles. The van der Waals surface area contributed by atoms with Crippen molar-refractivity contribution in [2.45, 2.75) is 12.8 Å². The number of hydrogen-bond donors (Lipinski definition) is 2. The predicted octanol–water partition coefficient (Wildman–Crippen LogP) is 0.538. The van der Waals surface area contributed by atoms with Gasteiger partial charge < -0.3 is 20.1 Å². The molecular weight excluding hydrogens is 300 g/mol. The van der Waals surface area contributed by atoms with Crippen LogP contribution in [0.2, 0.25) is 0 Å². The Morgan fingerprint density at radius 1 is 1.30 bits per heavy atom. The lowest BCUT2D eigenvalue weighted by Gasteiger charge is -2.17. The summed E-state index contributed by atoms with van der Waals surface area (Å²) in [5, 5.41) is 11.6. The fraction of sp³-hybridized carbons (Fsp3) is 0.438. The van der Waals surface area contributed by atoms with E-state index in [1.165, 1.54) is 24.1 Å². The summed E-state index contributed by atoms with van der Waals surface area (Å²) in [5.74, 6) is -1.53. The fourth-order valence-corrected chi connectivity index (χ4v) is 1.93. The molecule has 0 unspecified atom stereocenters. The lowest BCUT2D eigenvalue weighted by molar-refractivity contribution is -0.134. The van der Waals surface area contributed by atoms with Crippen molar-refractivity contribution in [3.05, 3.63) is 35.4 Å². The third-order valence-corrected chi connectivity index (χ3v) is 3.18. The summed E-state index contributed by atoms with van der Waals surface area (Å²) >= 11 is 0. The number of benzene rings is 1. The van der Waals surface area contributed by atoms with Crippen LogP contribution in [0.15, 0.2) is 24.3 Å². The average Bonchev–Trinajstić information content (AvgIpc) is 2.51. The zero-order chi connectivity index (χ0) is 17.2. The van der Waals surface area contributed by atoms with Crippen molar-refractivity contribution in [2.75, 3.05) is 33.9 Å². The van der Waals surface area contributed by atoms with Gasteiger partial charge in [0, 0.05) is 27.3 Å². The minimum absolute atomic E-state index is 0.0373. The molecule has 1 aromatic rings. The number of nitrogens with one attached hydrogen (secondary N) is 1. The van der Waals surface area contributed by atoms with Gasteiger partial charge in [-0.05, 0) is 24.1 Å². The van der Waals surface area contributed by atoms with E-state index in [9.17, 15) is 14.4 Å². The van der Waals surface area contributed by atoms with Crippen LogP contribution in [0.4, 0.5) is 0 Å². The Hall–Kier alpha value is -2.41. The van der Waals surface area contributed by atoms with Gasteiger partial charge in [0.05, 0.1) is 18.5 Å². The molecule has 1 aromatic carbocycles. The number of methoxy groups -OCH3 is 1. The first kappa shape index (κ1) is 18.6. The zero-order valence-corrected chi connectivity index (χ0v) is 13.4. The number of carboxylic acid groups (broad SMARTS) is 1. The number of nitrogens with zero attached hydrogens (tertiary/aromatic N) is 1. The summed E-state index contributed by atoms with van der Waals surface area (Å²) in [4.78, 5) is 36.0. The highest BCUT2D eigenvalue weighted by Gasteiger charge is 2.14. The molecule has 0 aliphatic carbocycles. The Morgan fingerprint density at radius 3 is 2.70 bits per heavy atom. The summed E-state index contributed by atoms with van der Waals surface area (Å²) in [5.41, 5.74) is 0.732. The van der Waals surface area contributed by atoms with E-state index in [0.29, 0.717) is 25.1 Å². The van der Waals surface area contributed by atoms with Crippen molar-refractivity contribution in [3.63, 3.8) is 0 Å². The highest BCUT2D eigenvalue weighted by molar-refractivity contribution is 5.89. The van der Waals surface area contributed by atoms with Crippen molar-refractivity contribution < 1.29 is 24.2 Å². The Bertz CT molecular complexity index is 559. The Kier molecular flexibility index (Phi) is 7.76. The maximum Gasteiger partial charge on any atom is 0.335 e. The molecule has 0 spiro atoms. The second kappa shape index (κ2) is 9.58. The lowest BCUT2D eigenvalue weighted by atomic mass is 10.1. The first-order valence-corrected chi connectivity index (χ1v) is 7.26. The lowest BCUT2D eigenvalue weighted by Crippen LogP contribution is -2.39. The molecule has 7 nitrogen and oxygen atoms in total.